The predicted octanol–water partition coefficient (Wildman–Crippen LogP) is 6.93. The molecule has 0 radical (unpaired) electrons. The molecule has 5 amide bonds. The summed E-state index contributed by atoms with van der Waals surface area (Å²) in [7, 11) is 2.80. The van der Waals surface area contributed by atoms with E-state index in [0.717, 1.165) is 35.2 Å². The first-order valence-electron chi connectivity index (χ1n) is 20.8. The molecule has 2 fully saturated rings. The molecule has 0 unspecified atom stereocenters. The third-order valence-corrected chi connectivity index (χ3v) is 11.6. The molecule has 16 nitrogen and oxygen atoms in total. The fourth-order valence-corrected chi connectivity index (χ4v) is 8.49. The van der Waals surface area contributed by atoms with E-state index in [9.17, 15) is 29.1 Å². The van der Waals surface area contributed by atoms with Crippen LogP contribution in [-0.2, 0) is 14.3 Å². The van der Waals surface area contributed by atoms with Crippen LogP contribution in [0, 0.1) is 0 Å². The highest BCUT2D eigenvalue weighted by Crippen LogP contribution is 2.37. The van der Waals surface area contributed by atoms with Crippen LogP contribution in [0.2, 0.25) is 0 Å². The smallest absolute Gasteiger partial charge is 0.407 e. The van der Waals surface area contributed by atoms with E-state index in [0.29, 0.717) is 60.0 Å². The summed E-state index contributed by atoms with van der Waals surface area (Å²) in [5.74, 6) is 0.103. The molecule has 16 heteroatoms. The lowest BCUT2D eigenvalue weighted by molar-refractivity contribution is -0.135. The lowest BCUT2D eigenvalue weighted by atomic mass is 10.0. The van der Waals surface area contributed by atoms with Gasteiger partial charge in [-0.25, -0.2) is 19.6 Å². The second-order valence-electron chi connectivity index (χ2n) is 15.4. The van der Waals surface area contributed by atoms with E-state index in [4.69, 9.17) is 9.72 Å². The third kappa shape index (κ3) is 8.87. The number of alkyl carbamates (subject to hydrolysis) is 1. The highest BCUT2D eigenvalue weighted by molar-refractivity contribution is 5.98. The maximum atomic E-state index is 13.9. The molecule has 4 heterocycles. The van der Waals surface area contributed by atoms with E-state index < -0.39 is 36.2 Å². The van der Waals surface area contributed by atoms with Gasteiger partial charge in [-0.15, -0.1) is 0 Å². The maximum absolute atomic E-state index is 13.9. The zero-order valence-corrected chi connectivity index (χ0v) is 34.7. The molecule has 6 N–H and O–H groups in total. The Bertz CT molecular complexity index is 2600. The lowest BCUT2D eigenvalue weighted by Crippen LogP contribution is -2.42. The molecule has 0 bridgehead atoms. The maximum Gasteiger partial charge on any atom is 0.407 e. The first kappa shape index (κ1) is 42.0. The number of methoxy groups -OCH3 is 1. The van der Waals surface area contributed by atoms with Crippen molar-refractivity contribution in [1.82, 2.24) is 45.7 Å². The van der Waals surface area contributed by atoms with Crippen molar-refractivity contribution in [3.63, 3.8) is 0 Å². The van der Waals surface area contributed by atoms with Crippen molar-refractivity contribution in [3.8, 4) is 33.6 Å². The van der Waals surface area contributed by atoms with E-state index in [1.54, 1.807) is 58.5 Å². The van der Waals surface area contributed by atoms with Crippen LogP contribution < -0.4 is 16.0 Å². The van der Waals surface area contributed by atoms with Crippen LogP contribution in [0.1, 0.15) is 83.1 Å². The summed E-state index contributed by atoms with van der Waals surface area (Å²) in [6.45, 7) is 0.930. The number of aromatic nitrogens is 4. The van der Waals surface area contributed by atoms with Gasteiger partial charge >= 0.3 is 12.2 Å². The van der Waals surface area contributed by atoms with Crippen molar-refractivity contribution in [2.75, 3.05) is 27.2 Å². The largest absolute Gasteiger partial charge is 0.465 e. The van der Waals surface area contributed by atoms with E-state index in [-0.39, 0.29) is 23.6 Å². The Kier molecular flexibility index (Phi) is 12.3. The summed E-state index contributed by atoms with van der Waals surface area (Å²) in [4.78, 5) is 84.6. The van der Waals surface area contributed by atoms with Crippen LogP contribution in [0.3, 0.4) is 0 Å². The van der Waals surface area contributed by atoms with E-state index in [1.165, 1.54) is 14.2 Å². The standard InChI is InChI=1S/C47H47N9O7/c1-48-43(57)40-37(51-42(52-40)36-16-10-26-56(36)44(58)38(53-46(60)61)31-11-5-3-6-12-31)33-23-19-29(20-24-33)28-17-21-30(22-18-28)34-27-49-41(50-34)35-15-9-25-55(35)45(59)39(54-47(62)63-2)32-13-7-4-8-14-32/h3-8,11-14,17-24,27,35-36,38-39,53H,9-10,15-16,25-26H2,1-2H3,(H,48,57)(H,49,50)(H,51,52)(H,54,62)(H,60,61)/t35-,36-,38+,39+/m0/s1. The van der Waals surface area contributed by atoms with Crippen LogP contribution in [-0.4, -0.2) is 92.0 Å². The third-order valence-electron chi connectivity index (χ3n) is 11.6. The van der Waals surface area contributed by atoms with Gasteiger partial charge in [0.25, 0.3) is 17.7 Å². The van der Waals surface area contributed by atoms with Crippen LogP contribution in [0.4, 0.5) is 9.59 Å². The number of benzene rings is 4. The Labute approximate surface area is 363 Å². The molecular formula is C47H47N9O7. The number of hydrogen-bond acceptors (Lipinski definition) is 8. The SMILES string of the molecule is CNC(=O)c1[nH]c([C@@H]2CCCN2C(=O)[C@H](NC(=O)O)c2ccccc2)nc1-c1ccc(-c2ccc(-c3cnc([C@@H]4CCCN4C(=O)[C@H](NC(=O)OC)c4ccccc4)[nH]3)cc2)cc1. The van der Waals surface area contributed by atoms with E-state index in [1.807, 2.05) is 66.7 Å². The molecule has 2 saturated heterocycles. The average Bonchev–Trinajstić information content (AvgIpc) is 4.17. The summed E-state index contributed by atoms with van der Waals surface area (Å²) in [5.41, 5.74) is 6.17. The average molecular weight is 850 g/mol. The number of imidazole rings is 2. The minimum Gasteiger partial charge on any atom is -0.465 e. The normalized spacial score (nSPS) is 16.9. The summed E-state index contributed by atoms with van der Waals surface area (Å²) < 4.78 is 4.82. The number of carboxylic acid groups (broad SMARTS) is 1. The molecule has 2 aliphatic heterocycles. The number of hydrogen-bond donors (Lipinski definition) is 6. The monoisotopic (exact) mass is 849 g/mol. The minimum absolute atomic E-state index is 0.239. The number of nitrogens with zero attached hydrogens (tertiary/aromatic N) is 4. The summed E-state index contributed by atoms with van der Waals surface area (Å²) in [6.07, 6.45) is 2.53. The van der Waals surface area contributed by atoms with Gasteiger partial charge in [0.2, 0.25) is 0 Å². The molecule has 63 heavy (non-hydrogen) atoms. The summed E-state index contributed by atoms with van der Waals surface area (Å²) >= 11 is 0. The van der Waals surface area contributed by atoms with Crippen molar-refractivity contribution < 1.29 is 33.8 Å². The highest BCUT2D eigenvalue weighted by atomic mass is 16.5. The number of rotatable bonds is 12. The van der Waals surface area contributed by atoms with Crippen molar-refractivity contribution in [2.45, 2.75) is 49.9 Å². The molecule has 322 valence electrons. The van der Waals surface area contributed by atoms with Gasteiger partial charge in [-0.2, -0.15) is 0 Å². The Morgan fingerprint density at radius 3 is 1.71 bits per heavy atom. The number of likely N-dealkylation sites (tertiary alicyclic amines) is 2. The molecule has 0 spiro atoms. The number of H-pyrrole nitrogens is 2. The first-order valence-corrected chi connectivity index (χ1v) is 20.8. The fraction of sp³-hybridized carbons (Fsp3) is 0.255. The molecule has 0 aliphatic carbocycles. The Morgan fingerprint density at radius 1 is 0.683 bits per heavy atom. The van der Waals surface area contributed by atoms with Gasteiger partial charge < -0.3 is 45.6 Å². The summed E-state index contributed by atoms with van der Waals surface area (Å²) in [6, 6.07) is 30.7. The molecule has 6 aromatic rings. The van der Waals surface area contributed by atoms with E-state index >= 15 is 0 Å². The second-order valence-corrected chi connectivity index (χ2v) is 15.4. The number of nitrogens with one attached hydrogen (secondary N) is 5. The van der Waals surface area contributed by atoms with Gasteiger partial charge in [0, 0.05) is 25.7 Å². The van der Waals surface area contributed by atoms with Crippen LogP contribution in [0.15, 0.2) is 115 Å². The topological polar surface area (TPSA) is 215 Å². The number of aromatic amines is 2. The number of ether oxygens (including phenoxy) is 1. The van der Waals surface area contributed by atoms with Gasteiger partial charge in [-0.1, -0.05) is 109 Å². The van der Waals surface area contributed by atoms with Crippen molar-refractivity contribution in [3.05, 3.63) is 144 Å². The Hall–Kier alpha value is -7.75. The minimum atomic E-state index is -1.31. The van der Waals surface area contributed by atoms with Crippen LogP contribution in [0.5, 0.6) is 0 Å². The zero-order chi connectivity index (χ0) is 44.0. The molecule has 2 aliphatic rings. The van der Waals surface area contributed by atoms with Gasteiger partial charge in [0.1, 0.15) is 35.1 Å². The second kappa shape index (κ2) is 18.5. The predicted molar refractivity (Wildman–Crippen MR) is 233 cm³/mol. The number of carbonyl (C=O) groups excluding carboxylic acids is 4. The quantitative estimate of drug-likeness (QED) is 0.0752. The molecule has 4 aromatic carbocycles. The van der Waals surface area contributed by atoms with Crippen molar-refractivity contribution in [1.29, 1.82) is 0 Å². The number of amides is 5. The Morgan fingerprint density at radius 2 is 1.19 bits per heavy atom. The molecule has 8 rings (SSSR count). The van der Waals surface area contributed by atoms with Crippen molar-refractivity contribution >= 4 is 29.9 Å². The molecule has 4 atom stereocenters. The van der Waals surface area contributed by atoms with Gasteiger partial charge in [-0.05, 0) is 53.5 Å². The Balaban J connectivity index is 0.980. The van der Waals surface area contributed by atoms with E-state index in [2.05, 4.69) is 30.9 Å². The fourth-order valence-electron chi connectivity index (χ4n) is 8.49. The highest BCUT2D eigenvalue weighted by Gasteiger charge is 2.39. The first-order chi connectivity index (χ1) is 30.6. The van der Waals surface area contributed by atoms with Crippen LogP contribution >= 0.6 is 0 Å². The summed E-state index contributed by atoms with van der Waals surface area (Å²) in [5, 5.41) is 17.3. The van der Waals surface area contributed by atoms with Gasteiger partial charge in [0.15, 0.2) is 0 Å². The van der Waals surface area contributed by atoms with Crippen LogP contribution in [0.25, 0.3) is 33.6 Å². The molecular weight excluding hydrogens is 803 g/mol. The van der Waals surface area contributed by atoms with Crippen molar-refractivity contribution in [2.24, 2.45) is 0 Å². The zero-order valence-electron chi connectivity index (χ0n) is 34.7. The van der Waals surface area contributed by atoms with Gasteiger partial charge in [-0.3, -0.25) is 14.4 Å². The number of carbonyl (C=O) groups is 5. The molecule has 2 aromatic heterocycles. The van der Waals surface area contributed by atoms with Gasteiger partial charge in [0.05, 0.1) is 31.1 Å². The lowest BCUT2D eigenvalue weighted by Gasteiger charge is -2.28. The molecule has 0 saturated carbocycles.